The van der Waals surface area contributed by atoms with Gasteiger partial charge in [-0.05, 0) is 47.2 Å². The van der Waals surface area contributed by atoms with E-state index in [0.717, 1.165) is 25.9 Å². The molecule has 1 saturated heterocycles. The van der Waals surface area contributed by atoms with Gasteiger partial charge in [0.05, 0.1) is 0 Å². The molecular weight excluding hydrogens is 232 g/mol. The standard InChI is InChI=1S/C17H18N2/c18-14-7-8-19(11-14)15-5-6-17-13(10-15)9-12-3-1-2-4-16(12)17/h1-6,10,14H,7-9,11,18H2. The van der Waals surface area contributed by atoms with E-state index in [1.165, 1.54) is 27.9 Å². The molecule has 2 aliphatic rings. The number of nitrogens with zero attached hydrogens (tertiary/aromatic N) is 1. The summed E-state index contributed by atoms with van der Waals surface area (Å²) in [5.41, 5.74) is 13.1. The Kier molecular flexibility index (Phi) is 2.39. The van der Waals surface area contributed by atoms with Crippen LogP contribution in [0.3, 0.4) is 0 Å². The maximum absolute atomic E-state index is 6.00. The number of fused-ring (bicyclic) bond motifs is 3. The smallest absolute Gasteiger partial charge is 0.0370 e. The molecule has 0 amide bonds. The number of rotatable bonds is 1. The van der Waals surface area contributed by atoms with Crippen LogP contribution in [0.15, 0.2) is 42.5 Å². The summed E-state index contributed by atoms with van der Waals surface area (Å²) in [5.74, 6) is 0. The number of anilines is 1. The van der Waals surface area contributed by atoms with Gasteiger partial charge in [-0.25, -0.2) is 0 Å². The van der Waals surface area contributed by atoms with E-state index < -0.39 is 0 Å². The van der Waals surface area contributed by atoms with Crippen LogP contribution in [-0.2, 0) is 6.42 Å². The zero-order valence-electron chi connectivity index (χ0n) is 11.0. The van der Waals surface area contributed by atoms with E-state index in [-0.39, 0.29) is 0 Å². The van der Waals surface area contributed by atoms with Crippen molar-refractivity contribution in [1.29, 1.82) is 0 Å². The molecule has 1 aliphatic heterocycles. The molecule has 0 bridgehead atoms. The molecule has 1 unspecified atom stereocenters. The first-order valence-corrected chi connectivity index (χ1v) is 7.03. The molecule has 1 fully saturated rings. The van der Waals surface area contributed by atoms with Gasteiger partial charge in [0.2, 0.25) is 0 Å². The van der Waals surface area contributed by atoms with Crippen LogP contribution in [-0.4, -0.2) is 19.1 Å². The minimum Gasteiger partial charge on any atom is -0.370 e. The summed E-state index contributed by atoms with van der Waals surface area (Å²) in [6, 6.07) is 15.9. The Morgan fingerprint density at radius 1 is 1.00 bits per heavy atom. The van der Waals surface area contributed by atoms with Gasteiger partial charge in [0, 0.05) is 24.8 Å². The Balaban J connectivity index is 1.72. The molecule has 1 heterocycles. The van der Waals surface area contributed by atoms with Crippen molar-refractivity contribution in [3.63, 3.8) is 0 Å². The minimum absolute atomic E-state index is 0.338. The van der Waals surface area contributed by atoms with Gasteiger partial charge in [0.15, 0.2) is 0 Å². The van der Waals surface area contributed by atoms with Gasteiger partial charge in [-0.1, -0.05) is 30.3 Å². The van der Waals surface area contributed by atoms with Crippen molar-refractivity contribution in [1.82, 2.24) is 0 Å². The first kappa shape index (κ1) is 11.1. The summed E-state index contributed by atoms with van der Waals surface area (Å²) in [4.78, 5) is 2.41. The van der Waals surface area contributed by atoms with Crippen LogP contribution in [0.5, 0.6) is 0 Å². The van der Waals surface area contributed by atoms with Crippen molar-refractivity contribution < 1.29 is 0 Å². The molecule has 2 aromatic carbocycles. The third-order valence-corrected chi connectivity index (χ3v) is 4.37. The third-order valence-electron chi connectivity index (χ3n) is 4.37. The van der Waals surface area contributed by atoms with E-state index in [2.05, 4.69) is 47.4 Å². The predicted molar refractivity (Wildman–Crippen MR) is 79.5 cm³/mol. The fourth-order valence-corrected chi connectivity index (χ4v) is 3.35. The fraction of sp³-hybridized carbons (Fsp3) is 0.294. The Hall–Kier alpha value is -1.80. The van der Waals surface area contributed by atoms with Gasteiger partial charge >= 0.3 is 0 Å². The van der Waals surface area contributed by atoms with Crippen LogP contribution < -0.4 is 10.6 Å². The third kappa shape index (κ3) is 1.75. The average Bonchev–Trinajstić information content (AvgIpc) is 3.01. The van der Waals surface area contributed by atoms with Gasteiger partial charge in [0.1, 0.15) is 0 Å². The van der Waals surface area contributed by atoms with E-state index >= 15 is 0 Å². The zero-order valence-corrected chi connectivity index (χ0v) is 11.0. The van der Waals surface area contributed by atoms with Gasteiger partial charge in [-0.3, -0.25) is 0 Å². The summed E-state index contributed by atoms with van der Waals surface area (Å²) in [7, 11) is 0. The van der Waals surface area contributed by atoms with Gasteiger partial charge in [-0.15, -0.1) is 0 Å². The topological polar surface area (TPSA) is 29.3 Å². The largest absolute Gasteiger partial charge is 0.370 e. The lowest BCUT2D eigenvalue weighted by atomic mass is 10.1. The van der Waals surface area contributed by atoms with E-state index in [0.29, 0.717) is 6.04 Å². The second kappa shape index (κ2) is 4.10. The summed E-state index contributed by atoms with van der Waals surface area (Å²) in [6.07, 6.45) is 2.18. The van der Waals surface area contributed by atoms with E-state index in [9.17, 15) is 0 Å². The molecule has 0 radical (unpaired) electrons. The normalized spacial score (nSPS) is 20.5. The number of nitrogens with two attached hydrogens (primary N) is 1. The van der Waals surface area contributed by atoms with Gasteiger partial charge in [-0.2, -0.15) is 0 Å². The van der Waals surface area contributed by atoms with Crippen molar-refractivity contribution in [2.75, 3.05) is 18.0 Å². The van der Waals surface area contributed by atoms with Crippen LogP contribution in [0.4, 0.5) is 5.69 Å². The minimum atomic E-state index is 0.338. The highest BCUT2D eigenvalue weighted by Crippen LogP contribution is 2.38. The highest BCUT2D eigenvalue weighted by Gasteiger charge is 2.22. The molecule has 2 aromatic rings. The molecule has 1 aliphatic carbocycles. The summed E-state index contributed by atoms with van der Waals surface area (Å²) >= 11 is 0. The molecule has 0 spiro atoms. The summed E-state index contributed by atoms with van der Waals surface area (Å²) in [5, 5.41) is 0. The van der Waals surface area contributed by atoms with Crippen molar-refractivity contribution in [3.8, 4) is 11.1 Å². The molecule has 2 heteroatoms. The van der Waals surface area contributed by atoms with Crippen molar-refractivity contribution in [2.24, 2.45) is 5.73 Å². The molecule has 4 rings (SSSR count). The molecule has 2 nitrogen and oxygen atoms in total. The van der Waals surface area contributed by atoms with Crippen molar-refractivity contribution >= 4 is 5.69 Å². The molecule has 0 aromatic heterocycles. The average molecular weight is 250 g/mol. The maximum atomic E-state index is 6.00. The van der Waals surface area contributed by atoms with Crippen LogP contribution in [0.2, 0.25) is 0 Å². The fourth-order valence-electron chi connectivity index (χ4n) is 3.35. The highest BCUT2D eigenvalue weighted by atomic mass is 15.2. The molecular formula is C17H18N2. The predicted octanol–water partition coefficient (Wildman–Crippen LogP) is 2.80. The van der Waals surface area contributed by atoms with E-state index in [1.54, 1.807) is 0 Å². The quantitative estimate of drug-likeness (QED) is 0.719. The van der Waals surface area contributed by atoms with Crippen LogP contribution >= 0.6 is 0 Å². The molecule has 2 N–H and O–H groups in total. The Bertz CT molecular complexity index is 633. The monoisotopic (exact) mass is 250 g/mol. The first-order valence-electron chi connectivity index (χ1n) is 7.03. The Morgan fingerprint density at radius 3 is 2.68 bits per heavy atom. The maximum Gasteiger partial charge on any atom is 0.0370 e. The van der Waals surface area contributed by atoms with Crippen LogP contribution in [0, 0.1) is 0 Å². The van der Waals surface area contributed by atoms with Crippen LogP contribution in [0.1, 0.15) is 17.5 Å². The Labute approximate surface area is 113 Å². The number of hydrogen-bond donors (Lipinski definition) is 1. The van der Waals surface area contributed by atoms with Crippen molar-refractivity contribution in [3.05, 3.63) is 53.6 Å². The highest BCUT2D eigenvalue weighted by molar-refractivity contribution is 5.78. The van der Waals surface area contributed by atoms with Gasteiger partial charge < -0.3 is 10.6 Å². The second-order valence-corrected chi connectivity index (χ2v) is 5.67. The van der Waals surface area contributed by atoms with Crippen LogP contribution in [0.25, 0.3) is 11.1 Å². The van der Waals surface area contributed by atoms with Gasteiger partial charge in [0.25, 0.3) is 0 Å². The lowest BCUT2D eigenvalue weighted by Gasteiger charge is -2.19. The van der Waals surface area contributed by atoms with E-state index in [1.807, 2.05) is 0 Å². The molecule has 19 heavy (non-hydrogen) atoms. The van der Waals surface area contributed by atoms with E-state index in [4.69, 9.17) is 5.73 Å². The lowest BCUT2D eigenvalue weighted by Crippen LogP contribution is -2.26. The molecule has 1 atom stereocenters. The first-order chi connectivity index (χ1) is 9.31. The Morgan fingerprint density at radius 2 is 1.84 bits per heavy atom. The SMILES string of the molecule is NC1CCN(c2ccc3c(c2)Cc2ccccc2-3)C1. The lowest BCUT2D eigenvalue weighted by molar-refractivity contribution is 0.752. The number of benzene rings is 2. The zero-order chi connectivity index (χ0) is 12.8. The van der Waals surface area contributed by atoms with Crippen molar-refractivity contribution in [2.45, 2.75) is 18.9 Å². The number of hydrogen-bond acceptors (Lipinski definition) is 2. The summed E-state index contributed by atoms with van der Waals surface area (Å²) < 4.78 is 0. The molecule has 96 valence electrons. The molecule has 0 saturated carbocycles. The second-order valence-electron chi connectivity index (χ2n) is 5.67. The summed E-state index contributed by atoms with van der Waals surface area (Å²) in [6.45, 7) is 2.08.